The van der Waals surface area contributed by atoms with Gasteiger partial charge in [0.25, 0.3) is 0 Å². The Morgan fingerprint density at radius 3 is 2.54 bits per heavy atom. The van der Waals surface area contributed by atoms with E-state index >= 15 is 0 Å². The van der Waals surface area contributed by atoms with Gasteiger partial charge in [0.05, 0.1) is 4.91 Å². The molecule has 0 heterocycles. The van der Waals surface area contributed by atoms with Gasteiger partial charge in [0.1, 0.15) is 0 Å². The SMILES string of the molecule is NS(=O)(=O)C1=Cc2ccccc2C1. The fourth-order valence-corrected chi connectivity index (χ4v) is 2.08. The normalized spacial score (nSPS) is 15.3. The zero-order valence-corrected chi connectivity index (χ0v) is 7.71. The molecule has 0 spiro atoms. The van der Waals surface area contributed by atoms with Crippen LogP contribution in [0.25, 0.3) is 6.08 Å². The van der Waals surface area contributed by atoms with Crippen molar-refractivity contribution >= 4 is 16.1 Å². The number of benzene rings is 1. The van der Waals surface area contributed by atoms with Gasteiger partial charge in [-0.05, 0) is 17.2 Å². The summed E-state index contributed by atoms with van der Waals surface area (Å²) in [7, 11) is -3.51. The number of sulfonamides is 1. The monoisotopic (exact) mass is 195 g/mol. The van der Waals surface area contributed by atoms with Crippen molar-refractivity contribution in [2.24, 2.45) is 5.14 Å². The summed E-state index contributed by atoms with van der Waals surface area (Å²) in [5.74, 6) is 0. The first-order valence-corrected chi connectivity index (χ1v) is 5.43. The van der Waals surface area contributed by atoms with Gasteiger partial charge in [0.2, 0.25) is 10.0 Å². The zero-order chi connectivity index (χ0) is 9.47. The second-order valence-corrected chi connectivity index (χ2v) is 4.65. The minimum Gasteiger partial charge on any atom is -0.225 e. The maximum atomic E-state index is 11.0. The van der Waals surface area contributed by atoms with Crippen molar-refractivity contribution in [2.75, 3.05) is 0 Å². The first-order chi connectivity index (χ1) is 6.07. The lowest BCUT2D eigenvalue weighted by molar-refractivity contribution is 0.603. The number of fused-ring (bicyclic) bond motifs is 1. The van der Waals surface area contributed by atoms with Gasteiger partial charge < -0.3 is 0 Å². The molecule has 0 atom stereocenters. The Hall–Kier alpha value is -1.13. The van der Waals surface area contributed by atoms with Crippen molar-refractivity contribution in [3.8, 4) is 0 Å². The summed E-state index contributed by atoms with van der Waals surface area (Å²) in [5, 5.41) is 5.02. The van der Waals surface area contributed by atoms with Crippen LogP contribution in [-0.2, 0) is 16.4 Å². The second kappa shape index (κ2) is 2.68. The van der Waals surface area contributed by atoms with Crippen LogP contribution in [0.1, 0.15) is 11.1 Å². The zero-order valence-electron chi connectivity index (χ0n) is 6.90. The Kier molecular flexibility index (Phi) is 1.75. The Morgan fingerprint density at radius 1 is 1.23 bits per heavy atom. The van der Waals surface area contributed by atoms with Crippen LogP contribution in [0.5, 0.6) is 0 Å². The van der Waals surface area contributed by atoms with Crippen molar-refractivity contribution in [1.29, 1.82) is 0 Å². The third kappa shape index (κ3) is 1.50. The van der Waals surface area contributed by atoms with E-state index < -0.39 is 10.0 Å². The van der Waals surface area contributed by atoms with E-state index in [1.165, 1.54) is 0 Å². The van der Waals surface area contributed by atoms with Crippen LogP contribution in [0.3, 0.4) is 0 Å². The average molecular weight is 195 g/mol. The van der Waals surface area contributed by atoms with E-state index in [2.05, 4.69) is 0 Å². The van der Waals surface area contributed by atoms with E-state index in [1.54, 1.807) is 6.08 Å². The van der Waals surface area contributed by atoms with Crippen LogP contribution in [0.15, 0.2) is 29.2 Å². The summed E-state index contributed by atoms with van der Waals surface area (Å²) in [6.45, 7) is 0. The van der Waals surface area contributed by atoms with Gasteiger partial charge >= 0.3 is 0 Å². The maximum absolute atomic E-state index is 11.0. The predicted octanol–water partition coefficient (Wildman–Crippen LogP) is 0.872. The van der Waals surface area contributed by atoms with E-state index in [9.17, 15) is 8.42 Å². The molecule has 0 unspecified atom stereocenters. The van der Waals surface area contributed by atoms with Crippen LogP contribution in [0.4, 0.5) is 0 Å². The third-order valence-electron chi connectivity index (χ3n) is 2.10. The van der Waals surface area contributed by atoms with E-state index in [-0.39, 0.29) is 0 Å². The molecule has 0 fully saturated rings. The Morgan fingerprint density at radius 2 is 1.92 bits per heavy atom. The van der Waals surface area contributed by atoms with E-state index in [0.29, 0.717) is 11.3 Å². The number of hydrogen-bond acceptors (Lipinski definition) is 2. The highest BCUT2D eigenvalue weighted by atomic mass is 32.2. The van der Waals surface area contributed by atoms with Crippen molar-refractivity contribution < 1.29 is 8.42 Å². The minimum atomic E-state index is -3.51. The van der Waals surface area contributed by atoms with Crippen LogP contribution >= 0.6 is 0 Å². The molecule has 1 aromatic carbocycles. The van der Waals surface area contributed by atoms with E-state index in [0.717, 1.165) is 11.1 Å². The smallest absolute Gasteiger partial charge is 0.225 e. The van der Waals surface area contributed by atoms with Gasteiger partial charge in [0.15, 0.2) is 0 Å². The van der Waals surface area contributed by atoms with Crippen LogP contribution in [0, 0.1) is 0 Å². The summed E-state index contributed by atoms with van der Waals surface area (Å²) in [6, 6.07) is 7.55. The highest BCUT2D eigenvalue weighted by Crippen LogP contribution is 2.26. The van der Waals surface area contributed by atoms with E-state index in [1.807, 2.05) is 24.3 Å². The largest absolute Gasteiger partial charge is 0.234 e. The lowest BCUT2D eigenvalue weighted by Gasteiger charge is -1.96. The Bertz CT molecular complexity index is 474. The fraction of sp³-hybridized carbons (Fsp3) is 0.111. The van der Waals surface area contributed by atoms with Crippen LogP contribution in [0.2, 0.25) is 0 Å². The molecule has 4 heteroatoms. The predicted molar refractivity (Wildman–Crippen MR) is 51.2 cm³/mol. The Balaban J connectivity index is 2.48. The van der Waals surface area contributed by atoms with Gasteiger partial charge in [-0.25, -0.2) is 13.6 Å². The molecular formula is C9H9NO2S. The van der Waals surface area contributed by atoms with Crippen molar-refractivity contribution in [3.05, 3.63) is 40.3 Å². The molecule has 0 saturated heterocycles. The topological polar surface area (TPSA) is 60.2 Å². The number of hydrogen-bond donors (Lipinski definition) is 1. The molecule has 2 rings (SSSR count). The molecule has 1 aliphatic carbocycles. The van der Waals surface area contributed by atoms with E-state index in [4.69, 9.17) is 5.14 Å². The van der Waals surface area contributed by atoms with Gasteiger partial charge in [0, 0.05) is 6.42 Å². The van der Waals surface area contributed by atoms with Crippen molar-refractivity contribution in [1.82, 2.24) is 0 Å². The summed E-state index contributed by atoms with van der Waals surface area (Å²) in [6.07, 6.45) is 2.06. The summed E-state index contributed by atoms with van der Waals surface area (Å²) < 4.78 is 22.0. The highest BCUT2D eigenvalue weighted by molar-refractivity contribution is 7.93. The third-order valence-corrected chi connectivity index (χ3v) is 3.09. The molecule has 1 aliphatic rings. The van der Waals surface area contributed by atoms with Gasteiger partial charge in [-0.2, -0.15) is 0 Å². The molecule has 0 bridgehead atoms. The summed E-state index contributed by atoms with van der Waals surface area (Å²) >= 11 is 0. The van der Waals surface area contributed by atoms with Gasteiger partial charge in [-0.3, -0.25) is 0 Å². The molecule has 0 aliphatic heterocycles. The molecule has 0 aromatic heterocycles. The number of rotatable bonds is 1. The lowest BCUT2D eigenvalue weighted by Crippen LogP contribution is -2.14. The highest BCUT2D eigenvalue weighted by Gasteiger charge is 2.19. The fourth-order valence-electron chi connectivity index (χ4n) is 1.43. The average Bonchev–Trinajstić information content (AvgIpc) is 2.45. The molecule has 0 radical (unpaired) electrons. The standard InChI is InChI=1S/C9H9NO2S/c10-13(11,12)9-5-7-3-1-2-4-8(7)6-9/h1-5H,6H2,(H2,10,11,12). The Labute approximate surface area is 76.9 Å². The summed E-state index contributed by atoms with van der Waals surface area (Å²) in [4.78, 5) is 0.300. The van der Waals surface area contributed by atoms with Crippen molar-refractivity contribution in [2.45, 2.75) is 6.42 Å². The molecular weight excluding hydrogens is 186 g/mol. The number of nitrogens with two attached hydrogens (primary N) is 1. The molecule has 13 heavy (non-hydrogen) atoms. The van der Waals surface area contributed by atoms with Crippen LogP contribution in [-0.4, -0.2) is 8.42 Å². The summed E-state index contributed by atoms with van der Waals surface area (Å²) in [5.41, 5.74) is 1.97. The molecule has 2 N–H and O–H groups in total. The van der Waals surface area contributed by atoms with Crippen LogP contribution < -0.4 is 5.14 Å². The van der Waals surface area contributed by atoms with Gasteiger partial charge in [-0.15, -0.1) is 0 Å². The first-order valence-electron chi connectivity index (χ1n) is 3.88. The molecule has 1 aromatic rings. The second-order valence-electron chi connectivity index (χ2n) is 3.03. The molecule has 0 amide bonds. The first kappa shape index (κ1) is 8.47. The quantitative estimate of drug-likeness (QED) is 0.722. The molecule has 68 valence electrons. The number of allylic oxidation sites excluding steroid dienone is 1. The van der Waals surface area contributed by atoms with Crippen molar-refractivity contribution in [3.63, 3.8) is 0 Å². The maximum Gasteiger partial charge on any atom is 0.234 e. The van der Waals surface area contributed by atoms with Gasteiger partial charge in [-0.1, -0.05) is 24.3 Å². The number of primary sulfonamides is 1. The lowest BCUT2D eigenvalue weighted by atomic mass is 10.1. The minimum absolute atomic E-state index is 0.300. The molecule has 0 saturated carbocycles. The molecule has 3 nitrogen and oxygen atoms in total.